The molecule has 0 aliphatic carbocycles. The second-order valence-corrected chi connectivity index (χ2v) is 8.85. The molecule has 0 radical (unpaired) electrons. The van der Waals surface area contributed by atoms with Gasteiger partial charge >= 0.3 is 0 Å². The van der Waals surface area contributed by atoms with Gasteiger partial charge in [-0.3, -0.25) is 9.89 Å². The number of rotatable bonds is 6. The Morgan fingerprint density at radius 2 is 1.96 bits per heavy atom. The zero-order valence-corrected chi connectivity index (χ0v) is 19.0. The number of hydrogen-bond donors (Lipinski definition) is 2. The molecule has 0 saturated carbocycles. The van der Waals surface area contributed by atoms with Gasteiger partial charge in [0.2, 0.25) is 0 Å². The van der Waals surface area contributed by atoms with Crippen LogP contribution in [0.25, 0.3) is 0 Å². The molecule has 2 aliphatic rings. The summed E-state index contributed by atoms with van der Waals surface area (Å²) < 4.78 is 0.339. The average molecular weight is 469 g/mol. The lowest BCUT2D eigenvalue weighted by atomic mass is 10.1. The first-order valence-corrected chi connectivity index (χ1v) is 10.1. The molecule has 142 valence electrons. The van der Waals surface area contributed by atoms with Gasteiger partial charge in [0.25, 0.3) is 0 Å². The van der Waals surface area contributed by atoms with Crippen molar-refractivity contribution in [1.82, 2.24) is 20.4 Å². The maximum atomic E-state index is 4.84. The van der Waals surface area contributed by atoms with Gasteiger partial charge in [-0.15, -0.1) is 24.0 Å². The molecule has 2 fully saturated rings. The van der Waals surface area contributed by atoms with E-state index in [2.05, 4.69) is 60.0 Å². The first kappa shape index (κ1) is 22.3. The van der Waals surface area contributed by atoms with Gasteiger partial charge in [-0.25, -0.2) is 0 Å². The van der Waals surface area contributed by atoms with E-state index in [4.69, 9.17) is 4.99 Å². The van der Waals surface area contributed by atoms with E-state index in [0.717, 1.165) is 25.6 Å². The Kier molecular flexibility index (Phi) is 10.3. The summed E-state index contributed by atoms with van der Waals surface area (Å²) in [5.41, 5.74) is 0. The summed E-state index contributed by atoms with van der Waals surface area (Å²) in [5, 5.41) is 6.94. The third-order valence-electron chi connectivity index (χ3n) is 4.94. The van der Waals surface area contributed by atoms with Crippen LogP contribution in [0.5, 0.6) is 0 Å². The second kappa shape index (κ2) is 11.1. The topological polar surface area (TPSA) is 42.9 Å². The first-order valence-electron chi connectivity index (χ1n) is 9.11. The van der Waals surface area contributed by atoms with Crippen molar-refractivity contribution < 1.29 is 0 Å². The van der Waals surface area contributed by atoms with Crippen molar-refractivity contribution >= 4 is 41.7 Å². The van der Waals surface area contributed by atoms with Crippen LogP contribution in [0, 0.1) is 0 Å². The molecule has 5 nitrogen and oxygen atoms in total. The molecule has 0 aromatic carbocycles. The third kappa shape index (κ3) is 7.25. The molecule has 0 bridgehead atoms. The van der Waals surface area contributed by atoms with E-state index in [0.29, 0.717) is 10.8 Å². The van der Waals surface area contributed by atoms with E-state index < -0.39 is 0 Å². The van der Waals surface area contributed by atoms with Gasteiger partial charge in [0.1, 0.15) is 0 Å². The number of thioether (sulfide) groups is 1. The van der Waals surface area contributed by atoms with E-state index >= 15 is 0 Å². The highest BCUT2D eigenvalue weighted by atomic mass is 127. The van der Waals surface area contributed by atoms with Crippen LogP contribution in [-0.4, -0.2) is 85.2 Å². The summed E-state index contributed by atoms with van der Waals surface area (Å²) >= 11 is 2.08. The summed E-state index contributed by atoms with van der Waals surface area (Å²) in [5.74, 6) is 2.26. The number of aliphatic imine (C=N–C) groups is 1. The standard InChI is InChI=1S/C17H35N5S.HI/c1-5-18-16(20-14-17(3)7-6-12-23-17)19-13-15(2)22-10-8-21(4)9-11-22;/h15H,5-14H2,1-4H3,(H2,18,19,20);1H. The molecule has 2 N–H and O–H groups in total. The average Bonchev–Trinajstić information content (AvgIpc) is 2.97. The predicted molar refractivity (Wildman–Crippen MR) is 118 cm³/mol. The van der Waals surface area contributed by atoms with Gasteiger partial charge < -0.3 is 15.5 Å². The van der Waals surface area contributed by atoms with Crippen LogP contribution >= 0.6 is 35.7 Å². The zero-order chi connectivity index (χ0) is 16.7. The normalized spacial score (nSPS) is 27.6. The van der Waals surface area contributed by atoms with E-state index in [1.54, 1.807) is 0 Å². The molecular weight excluding hydrogens is 433 g/mol. The highest BCUT2D eigenvalue weighted by Gasteiger charge is 2.29. The summed E-state index contributed by atoms with van der Waals surface area (Å²) in [6.07, 6.45) is 2.62. The van der Waals surface area contributed by atoms with Crippen LogP contribution in [0.4, 0.5) is 0 Å². The van der Waals surface area contributed by atoms with Crippen LogP contribution in [0.3, 0.4) is 0 Å². The molecule has 2 rings (SSSR count). The quantitative estimate of drug-likeness (QED) is 0.354. The van der Waals surface area contributed by atoms with Crippen molar-refractivity contribution in [2.45, 2.75) is 44.4 Å². The molecule has 2 unspecified atom stereocenters. The summed E-state index contributed by atoms with van der Waals surface area (Å²) in [6, 6.07) is 0.545. The van der Waals surface area contributed by atoms with Crippen molar-refractivity contribution in [2.24, 2.45) is 4.99 Å². The second-order valence-electron chi connectivity index (χ2n) is 7.17. The molecule has 24 heavy (non-hydrogen) atoms. The molecule has 2 heterocycles. The number of guanidine groups is 1. The molecule has 2 atom stereocenters. The fourth-order valence-corrected chi connectivity index (χ4v) is 4.41. The number of likely N-dealkylation sites (N-methyl/N-ethyl adjacent to an activating group) is 1. The minimum Gasteiger partial charge on any atom is -0.357 e. The minimum absolute atomic E-state index is 0. The van der Waals surface area contributed by atoms with Gasteiger partial charge in [-0.1, -0.05) is 0 Å². The number of nitrogens with one attached hydrogen (secondary N) is 2. The van der Waals surface area contributed by atoms with Crippen LogP contribution in [0.1, 0.15) is 33.6 Å². The lowest BCUT2D eigenvalue weighted by Crippen LogP contribution is -2.52. The Labute approximate surface area is 169 Å². The predicted octanol–water partition coefficient (Wildman–Crippen LogP) is 2.08. The first-order chi connectivity index (χ1) is 11.0. The SMILES string of the molecule is CCNC(=NCC1(C)CCCS1)NCC(C)N1CCN(C)CC1.I. The Hall–Kier alpha value is 0.270. The Bertz CT molecular complexity index is 379. The van der Waals surface area contributed by atoms with Crippen molar-refractivity contribution in [3.05, 3.63) is 0 Å². The molecule has 0 aromatic rings. The zero-order valence-electron chi connectivity index (χ0n) is 15.8. The van der Waals surface area contributed by atoms with E-state index in [1.807, 2.05) is 0 Å². The summed E-state index contributed by atoms with van der Waals surface area (Å²) in [6.45, 7) is 14.3. The van der Waals surface area contributed by atoms with E-state index in [-0.39, 0.29) is 24.0 Å². The molecule has 0 aromatic heterocycles. The number of hydrogen-bond acceptors (Lipinski definition) is 4. The van der Waals surface area contributed by atoms with Crippen molar-refractivity contribution in [3.8, 4) is 0 Å². The van der Waals surface area contributed by atoms with Crippen LogP contribution in [0.2, 0.25) is 0 Å². The molecule has 0 amide bonds. The fourth-order valence-electron chi connectivity index (χ4n) is 3.19. The molecular formula is C17H36IN5S. The Balaban J connectivity index is 0.00000288. The van der Waals surface area contributed by atoms with E-state index in [1.165, 1.54) is 44.8 Å². The van der Waals surface area contributed by atoms with Gasteiger partial charge in [0, 0.05) is 50.1 Å². The third-order valence-corrected chi connectivity index (χ3v) is 6.47. The maximum absolute atomic E-state index is 4.84. The van der Waals surface area contributed by atoms with Gasteiger partial charge in [-0.2, -0.15) is 11.8 Å². The largest absolute Gasteiger partial charge is 0.357 e. The number of halogens is 1. The Morgan fingerprint density at radius 3 is 2.54 bits per heavy atom. The van der Waals surface area contributed by atoms with Gasteiger partial charge in [0.15, 0.2) is 5.96 Å². The molecule has 2 saturated heterocycles. The summed E-state index contributed by atoms with van der Waals surface area (Å²) in [7, 11) is 2.21. The summed E-state index contributed by atoms with van der Waals surface area (Å²) in [4.78, 5) is 9.82. The highest BCUT2D eigenvalue weighted by molar-refractivity contribution is 14.0. The van der Waals surface area contributed by atoms with Gasteiger partial charge in [-0.05, 0) is 46.4 Å². The fraction of sp³-hybridized carbons (Fsp3) is 0.941. The van der Waals surface area contributed by atoms with Crippen LogP contribution in [0.15, 0.2) is 4.99 Å². The number of piperazine rings is 1. The number of nitrogens with zero attached hydrogens (tertiary/aromatic N) is 3. The monoisotopic (exact) mass is 469 g/mol. The molecule has 7 heteroatoms. The van der Waals surface area contributed by atoms with Crippen molar-refractivity contribution in [3.63, 3.8) is 0 Å². The Morgan fingerprint density at radius 1 is 1.25 bits per heavy atom. The smallest absolute Gasteiger partial charge is 0.191 e. The highest BCUT2D eigenvalue weighted by Crippen LogP contribution is 2.37. The molecule has 0 spiro atoms. The van der Waals surface area contributed by atoms with Gasteiger partial charge in [0.05, 0.1) is 6.54 Å². The minimum atomic E-state index is 0. The van der Waals surface area contributed by atoms with Crippen molar-refractivity contribution in [1.29, 1.82) is 0 Å². The maximum Gasteiger partial charge on any atom is 0.191 e. The van der Waals surface area contributed by atoms with E-state index in [9.17, 15) is 0 Å². The van der Waals surface area contributed by atoms with Crippen LogP contribution < -0.4 is 10.6 Å². The lowest BCUT2D eigenvalue weighted by Gasteiger charge is -2.36. The van der Waals surface area contributed by atoms with Crippen LogP contribution in [-0.2, 0) is 0 Å². The molecule has 2 aliphatic heterocycles. The lowest BCUT2D eigenvalue weighted by molar-refractivity contribution is 0.120. The van der Waals surface area contributed by atoms with Crippen molar-refractivity contribution in [2.75, 3.05) is 58.6 Å².